The van der Waals surface area contributed by atoms with Gasteiger partial charge in [-0.1, -0.05) is 36.6 Å². The van der Waals surface area contributed by atoms with Crippen LogP contribution in [0.1, 0.15) is 63.5 Å². The lowest BCUT2D eigenvalue weighted by atomic mass is 9.77. The highest BCUT2D eigenvalue weighted by molar-refractivity contribution is 6.30. The molecule has 1 saturated carbocycles. The molecule has 27 heavy (non-hydrogen) atoms. The average Bonchev–Trinajstić information content (AvgIpc) is 3.30. The van der Waals surface area contributed by atoms with Crippen molar-refractivity contribution in [3.63, 3.8) is 0 Å². The Hall–Kier alpha value is -1.26. The molecule has 4 nitrogen and oxygen atoms in total. The number of carbonyl (C=O) groups is 1. The maximum absolute atomic E-state index is 13.1. The van der Waals surface area contributed by atoms with Gasteiger partial charge in [0.05, 0.1) is 12.1 Å². The van der Waals surface area contributed by atoms with Gasteiger partial charge in [0, 0.05) is 24.7 Å². The van der Waals surface area contributed by atoms with Gasteiger partial charge in [-0.2, -0.15) is 0 Å². The topological polar surface area (TPSA) is 41.6 Å². The molecule has 2 heterocycles. The molecule has 0 aromatic heterocycles. The van der Waals surface area contributed by atoms with E-state index in [1.807, 2.05) is 23.1 Å². The third kappa shape index (κ3) is 4.27. The van der Waals surface area contributed by atoms with Gasteiger partial charge in [0.1, 0.15) is 0 Å². The summed E-state index contributed by atoms with van der Waals surface area (Å²) >= 11 is 6.24. The van der Waals surface area contributed by atoms with E-state index >= 15 is 0 Å². The van der Waals surface area contributed by atoms with Gasteiger partial charge >= 0.3 is 6.03 Å². The fraction of sp³-hybridized carbons (Fsp3) is 0.682. The molecule has 3 atom stereocenters. The molecule has 2 unspecified atom stereocenters. The van der Waals surface area contributed by atoms with Crippen LogP contribution in [0.5, 0.6) is 0 Å². The molecule has 0 radical (unpaired) electrons. The maximum atomic E-state index is 13.1. The summed E-state index contributed by atoms with van der Waals surface area (Å²) in [5.41, 5.74) is 1.39. The van der Waals surface area contributed by atoms with E-state index < -0.39 is 0 Å². The van der Waals surface area contributed by atoms with Crippen LogP contribution in [0.3, 0.4) is 0 Å². The van der Waals surface area contributed by atoms with E-state index in [0.29, 0.717) is 12.0 Å². The Labute approximate surface area is 167 Å². The average molecular weight is 391 g/mol. The molecular weight excluding hydrogens is 360 g/mol. The van der Waals surface area contributed by atoms with E-state index in [4.69, 9.17) is 16.3 Å². The van der Waals surface area contributed by atoms with Crippen molar-refractivity contribution in [2.45, 2.75) is 64.0 Å². The molecule has 1 spiro atoms. The van der Waals surface area contributed by atoms with Crippen LogP contribution in [0.4, 0.5) is 4.79 Å². The number of nitrogens with one attached hydrogen (secondary N) is 1. The monoisotopic (exact) mass is 390 g/mol. The highest BCUT2D eigenvalue weighted by atomic mass is 35.5. The summed E-state index contributed by atoms with van der Waals surface area (Å²) in [6, 6.07) is 8.14. The maximum Gasteiger partial charge on any atom is 0.317 e. The van der Waals surface area contributed by atoms with Crippen molar-refractivity contribution in [1.82, 2.24) is 10.2 Å². The summed E-state index contributed by atoms with van der Waals surface area (Å²) in [5.74, 6) is 0.507. The number of halogens is 1. The number of likely N-dealkylation sites (tertiary alicyclic amines) is 1. The van der Waals surface area contributed by atoms with E-state index in [9.17, 15) is 4.79 Å². The van der Waals surface area contributed by atoms with Gasteiger partial charge in [-0.3, -0.25) is 0 Å². The van der Waals surface area contributed by atoms with Crippen molar-refractivity contribution in [2.75, 3.05) is 19.7 Å². The lowest BCUT2D eigenvalue weighted by Gasteiger charge is -2.37. The first-order valence-corrected chi connectivity index (χ1v) is 10.8. The third-order valence-corrected chi connectivity index (χ3v) is 7.07. The highest BCUT2D eigenvalue weighted by Crippen LogP contribution is 2.42. The van der Waals surface area contributed by atoms with Gasteiger partial charge < -0.3 is 15.0 Å². The molecule has 3 aliphatic rings. The summed E-state index contributed by atoms with van der Waals surface area (Å²) < 4.78 is 5.73. The van der Waals surface area contributed by atoms with Crippen LogP contribution in [0.15, 0.2) is 24.3 Å². The number of hydrogen-bond donors (Lipinski definition) is 1. The second-order valence-electron chi connectivity index (χ2n) is 8.83. The van der Waals surface area contributed by atoms with Gasteiger partial charge in [0.15, 0.2) is 0 Å². The van der Waals surface area contributed by atoms with E-state index in [2.05, 4.69) is 18.3 Å². The van der Waals surface area contributed by atoms with Crippen LogP contribution in [-0.2, 0) is 4.74 Å². The van der Waals surface area contributed by atoms with Crippen molar-refractivity contribution in [3.8, 4) is 0 Å². The molecule has 2 saturated heterocycles. The molecule has 4 rings (SSSR count). The van der Waals surface area contributed by atoms with E-state index in [-0.39, 0.29) is 17.5 Å². The summed E-state index contributed by atoms with van der Waals surface area (Å²) in [6.45, 7) is 4.69. The standard InChI is InChI=1S/C22H31ClN2O2/c1-16-14-22(10-12-27-16)9-11-25(15-22)21(26)24-20(17-5-2-3-6-17)18-7-4-8-19(23)13-18/h4,7-8,13,16-17,20H,2-3,5-6,9-12,14-15H2,1H3,(H,24,26)/t16?,20-,22?/m0/s1. The molecule has 1 aliphatic carbocycles. The number of urea groups is 1. The van der Waals surface area contributed by atoms with Gasteiger partial charge in [-0.05, 0) is 68.1 Å². The fourth-order valence-corrected chi connectivity index (χ4v) is 5.61. The molecule has 2 aliphatic heterocycles. The lowest BCUT2D eigenvalue weighted by molar-refractivity contribution is -0.0339. The minimum absolute atomic E-state index is 0.0591. The Balaban J connectivity index is 1.46. The fourth-order valence-electron chi connectivity index (χ4n) is 5.41. The van der Waals surface area contributed by atoms with Crippen molar-refractivity contribution in [2.24, 2.45) is 11.3 Å². The number of amides is 2. The molecule has 1 N–H and O–H groups in total. The zero-order valence-corrected chi connectivity index (χ0v) is 17.0. The van der Waals surface area contributed by atoms with E-state index in [0.717, 1.165) is 49.5 Å². The number of benzene rings is 1. The molecule has 1 aromatic carbocycles. The number of ether oxygens (including phenoxy) is 1. The van der Waals surface area contributed by atoms with Crippen LogP contribution in [0.2, 0.25) is 5.02 Å². The summed E-state index contributed by atoms with van der Waals surface area (Å²) in [6.07, 6.45) is 8.40. The molecular formula is C22H31ClN2O2. The molecule has 1 aromatic rings. The Morgan fingerprint density at radius 2 is 2.15 bits per heavy atom. The number of hydrogen-bond acceptors (Lipinski definition) is 2. The molecule has 148 valence electrons. The van der Waals surface area contributed by atoms with Crippen molar-refractivity contribution >= 4 is 17.6 Å². The lowest BCUT2D eigenvalue weighted by Crippen LogP contribution is -2.44. The van der Waals surface area contributed by atoms with Crippen molar-refractivity contribution < 1.29 is 9.53 Å². The minimum atomic E-state index is 0.0591. The number of carbonyl (C=O) groups excluding carboxylic acids is 1. The normalized spacial score (nSPS) is 30.0. The Morgan fingerprint density at radius 1 is 1.33 bits per heavy atom. The Bertz CT molecular complexity index is 676. The highest BCUT2D eigenvalue weighted by Gasteiger charge is 2.43. The second kappa shape index (κ2) is 8.00. The van der Waals surface area contributed by atoms with Crippen LogP contribution < -0.4 is 5.32 Å². The predicted molar refractivity (Wildman–Crippen MR) is 108 cm³/mol. The minimum Gasteiger partial charge on any atom is -0.378 e. The summed E-state index contributed by atoms with van der Waals surface area (Å²) in [4.78, 5) is 15.2. The van der Waals surface area contributed by atoms with E-state index in [1.54, 1.807) is 0 Å². The van der Waals surface area contributed by atoms with Crippen LogP contribution in [0.25, 0.3) is 0 Å². The van der Waals surface area contributed by atoms with Crippen LogP contribution in [0, 0.1) is 11.3 Å². The quantitative estimate of drug-likeness (QED) is 0.773. The van der Waals surface area contributed by atoms with Crippen molar-refractivity contribution in [1.29, 1.82) is 0 Å². The predicted octanol–water partition coefficient (Wildman–Crippen LogP) is 5.17. The van der Waals surface area contributed by atoms with Gasteiger partial charge in [-0.15, -0.1) is 0 Å². The zero-order chi connectivity index (χ0) is 18.9. The SMILES string of the molecule is CC1CC2(CCO1)CCN(C(=O)N[C@H](c1cccc(Cl)c1)C1CCCC1)C2. The smallest absolute Gasteiger partial charge is 0.317 e. The van der Waals surface area contributed by atoms with Crippen LogP contribution >= 0.6 is 11.6 Å². The molecule has 3 fully saturated rings. The molecule has 2 amide bonds. The first-order chi connectivity index (χ1) is 13.0. The third-order valence-electron chi connectivity index (χ3n) is 6.84. The van der Waals surface area contributed by atoms with Gasteiger partial charge in [0.2, 0.25) is 0 Å². The largest absolute Gasteiger partial charge is 0.378 e. The zero-order valence-electron chi connectivity index (χ0n) is 16.3. The van der Waals surface area contributed by atoms with Gasteiger partial charge in [-0.25, -0.2) is 4.79 Å². The second-order valence-corrected chi connectivity index (χ2v) is 9.27. The Kier molecular flexibility index (Phi) is 5.65. The molecule has 0 bridgehead atoms. The number of nitrogens with zero attached hydrogens (tertiary/aromatic N) is 1. The van der Waals surface area contributed by atoms with Crippen LogP contribution in [-0.4, -0.2) is 36.7 Å². The van der Waals surface area contributed by atoms with Gasteiger partial charge in [0.25, 0.3) is 0 Å². The first-order valence-electron chi connectivity index (χ1n) is 10.5. The summed E-state index contributed by atoms with van der Waals surface area (Å²) in [5, 5.41) is 4.11. The first kappa shape index (κ1) is 19.1. The summed E-state index contributed by atoms with van der Waals surface area (Å²) in [7, 11) is 0. The van der Waals surface area contributed by atoms with E-state index in [1.165, 1.54) is 25.7 Å². The number of rotatable bonds is 3. The molecule has 5 heteroatoms. The van der Waals surface area contributed by atoms with Crippen molar-refractivity contribution in [3.05, 3.63) is 34.9 Å². The Morgan fingerprint density at radius 3 is 2.89 bits per heavy atom.